The van der Waals surface area contributed by atoms with Gasteiger partial charge in [0.15, 0.2) is 11.9 Å². The second-order valence-corrected chi connectivity index (χ2v) is 12.4. The maximum Gasteiger partial charge on any atom is 0.311 e. The largest absolute Gasteiger partial charge is 0.481 e. The van der Waals surface area contributed by atoms with Gasteiger partial charge >= 0.3 is 11.9 Å². The van der Waals surface area contributed by atoms with Gasteiger partial charge in [0, 0.05) is 5.92 Å². The van der Waals surface area contributed by atoms with Crippen molar-refractivity contribution in [1.82, 2.24) is 0 Å². The van der Waals surface area contributed by atoms with E-state index in [1.165, 1.54) is 0 Å². The molecule has 6 rings (SSSR count). The van der Waals surface area contributed by atoms with Crippen molar-refractivity contribution in [2.24, 2.45) is 39.9 Å². The third-order valence-corrected chi connectivity index (χ3v) is 11.2. The number of carbonyl (C=O) groups excluding carboxylic acids is 1. The van der Waals surface area contributed by atoms with Gasteiger partial charge < -0.3 is 24.4 Å². The summed E-state index contributed by atoms with van der Waals surface area (Å²) in [4.78, 5) is 24.3. The zero-order valence-electron chi connectivity index (χ0n) is 19.3. The predicted octanol–water partition coefficient (Wildman–Crippen LogP) is 3.48. The summed E-state index contributed by atoms with van der Waals surface area (Å²) in [5.41, 5.74) is -1.76. The number of hydrogen-bond acceptors (Lipinski definition) is 6. The molecule has 3 saturated carbocycles. The Morgan fingerprint density at radius 2 is 1.81 bits per heavy atom. The van der Waals surface area contributed by atoms with Crippen molar-refractivity contribution in [3.8, 4) is 0 Å². The van der Waals surface area contributed by atoms with Gasteiger partial charge in [-0.1, -0.05) is 20.3 Å². The van der Waals surface area contributed by atoms with E-state index in [0.29, 0.717) is 12.3 Å². The van der Waals surface area contributed by atoms with Crippen LogP contribution in [0.4, 0.5) is 0 Å². The van der Waals surface area contributed by atoms with Crippen LogP contribution < -0.4 is 0 Å². The molecule has 1 unspecified atom stereocenters. The van der Waals surface area contributed by atoms with Gasteiger partial charge in [-0.05, 0) is 80.5 Å². The third-order valence-electron chi connectivity index (χ3n) is 11.2. The molecule has 178 valence electrons. The van der Waals surface area contributed by atoms with Gasteiger partial charge in [0.25, 0.3) is 0 Å². The first-order valence-corrected chi connectivity index (χ1v) is 12.5. The van der Waals surface area contributed by atoms with Gasteiger partial charge in [-0.2, -0.15) is 0 Å². The van der Waals surface area contributed by atoms with Crippen molar-refractivity contribution in [2.45, 2.75) is 103 Å². The normalized spacial score (nSPS) is 58.6. The fourth-order valence-electron chi connectivity index (χ4n) is 9.70. The second kappa shape index (κ2) is 6.48. The molecule has 11 atom stereocenters. The van der Waals surface area contributed by atoms with Crippen molar-refractivity contribution in [3.63, 3.8) is 0 Å². The molecule has 1 spiro atoms. The van der Waals surface area contributed by atoms with Gasteiger partial charge in [0.2, 0.25) is 6.29 Å². The van der Waals surface area contributed by atoms with Gasteiger partial charge in [0.05, 0.1) is 17.9 Å². The van der Waals surface area contributed by atoms with Crippen molar-refractivity contribution in [1.29, 1.82) is 0 Å². The van der Waals surface area contributed by atoms with Crippen LogP contribution in [0.25, 0.3) is 0 Å². The van der Waals surface area contributed by atoms with Gasteiger partial charge in [-0.15, -0.1) is 0 Å². The Balaban J connectivity index is 1.36. The number of ether oxygens (including phenoxy) is 3. The average Bonchev–Trinajstić information content (AvgIpc) is 3.17. The fourth-order valence-corrected chi connectivity index (χ4v) is 9.70. The zero-order valence-corrected chi connectivity index (χ0v) is 19.3. The Hall–Kier alpha value is -1.18. The van der Waals surface area contributed by atoms with Crippen molar-refractivity contribution >= 4 is 11.9 Å². The monoisotopic (exact) mass is 448 g/mol. The van der Waals surface area contributed by atoms with E-state index in [9.17, 15) is 19.8 Å². The summed E-state index contributed by atoms with van der Waals surface area (Å²) in [6.45, 7) is 6.70. The Kier molecular flexibility index (Phi) is 4.33. The minimum atomic E-state index is -1.07. The summed E-state index contributed by atoms with van der Waals surface area (Å²) in [7, 11) is 0. The van der Waals surface area contributed by atoms with E-state index in [1.54, 1.807) is 0 Å². The minimum absolute atomic E-state index is 0.0152. The fraction of sp³-hybridized carbons (Fsp3) is 0.920. The molecule has 6 fully saturated rings. The highest BCUT2D eigenvalue weighted by atomic mass is 16.8. The molecule has 3 heterocycles. The summed E-state index contributed by atoms with van der Waals surface area (Å²) in [6.07, 6.45) is 5.20. The van der Waals surface area contributed by atoms with Crippen LogP contribution >= 0.6 is 0 Å². The molecule has 0 aromatic carbocycles. The lowest BCUT2D eigenvalue weighted by Crippen LogP contribution is -2.62. The number of aliphatic hydroxyl groups excluding tert-OH is 1. The molecule has 3 aliphatic carbocycles. The topological polar surface area (TPSA) is 102 Å². The van der Waals surface area contributed by atoms with Crippen LogP contribution in [0, 0.1) is 39.9 Å². The lowest BCUT2D eigenvalue weighted by molar-refractivity contribution is -0.224. The van der Waals surface area contributed by atoms with Crippen molar-refractivity contribution in [3.05, 3.63) is 0 Å². The summed E-state index contributed by atoms with van der Waals surface area (Å²) in [6, 6.07) is 0. The first-order valence-electron chi connectivity index (χ1n) is 12.5. The number of esters is 1. The minimum Gasteiger partial charge on any atom is -0.481 e. The lowest BCUT2D eigenvalue weighted by atomic mass is 9.38. The molecule has 3 aliphatic heterocycles. The van der Waals surface area contributed by atoms with Crippen LogP contribution in [0.2, 0.25) is 0 Å². The van der Waals surface area contributed by atoms with E-state index in [1.807, 2.05) is 6.92 Å². The molecule has 6 aliphatic rings. The zero-order chi connectivity index (χ0) is 22.7. The highest BCUT2D eigenvalue weighted by Crippen LogP contribution is 2.71. The van der Waals surface area contributed by atoms with E-state index in [2.05, 4.69) is 13.8 Å². The van der Waals surface area contributed by atoms with Crippen LogP contribution in [-0.2, 0) is 23.8 Å². The van der Waals surface area contributed by atoms with E-state index < -0.39 is 35.7 Å². The highest BCUT2D eigenvalue weighted by molar-refractivity contribution is 5.75. The summed E-state index contributed by atoms with van der Waals surface area (Å²) in [5.74, 6) is -0.0560. The van der Waals surface area contributed by atoms with Gasteiger partial charge in [-0.3, -0.25) is 9.59 Å². The van der Waals surface area contributed by atoms with Gasteiger partial charge in [-0.25, -0.2) is 0 Å². The molecule has 0 aromatic rings. The quantitative estimate of drug-likeness (QED) is 0.592. The molecule has 0 aromatic heterocycles. The Morgan fingerprint density at radius 3 is 2.56 bits per heavy atom. The highest BCUT2D eigenvalue weighted by Gasteiger charge is 2.70. The molecule has 2 bridgehead atoms. The third kappa shape index (κ3) is 2.43. The van der Waals surface area contributed by atoms with Crippen LogP contribution in [0.15, 0.2) is 0 Å². The van der Waals surface area contributed by atoms with Crippen molar-refractivity contribution < 1.29 is 34.0 Å². The smallest absolute Gasteiger partial charge is 0.311 e. The van der Waals surface area contributed by atoms with Crippen molar-refractivity contribution in [2.75, 3.05) is 0 Å². The number of carboxylic acid groups (broad SMARTS) is 1. The average molecular weight is 449 g/mol. The molecule has 32 heavy (non-hydrogen) atoms. The van der Waals surface area contributed by atoms with Crippen LogP contribution in [0.3, 0.4) is 0 Å². The SMILES string of the molecule is C[C@@]12CCC3[C@](C)(CCC[C@]3(C)C(=O)O)[C@H]1CC[C@@H]1[C@@H]3O[C@H]4OC(=O)C[C@]4(O3)[C@H](O)C[C@H]12. The van der Waals surface area contributed by atoms with E-state index >= 15 is 0 Å². The molecule has 7 heteroatoms. The molecular formula is C25H36O7. The molecule has 0 amide bonds. The van der Waals surface area contributed by atoms with E-state index in [4.69, 9.17) is 14.2 Å². The number of rotatable bonds is 1. The van der Waals surface area contributed by atoms with E-state index in [-0.39, 0.29) is 41.0 Å². The first kappa shape index (κ1) is 21.4. The summed E-state index contributed by atoms with van der Waals surface area (Å²) in [5, 5.41) is 21.5. The maximum atomic E-state index is 12.3. The predicted molar refractivity (Wildman–Crippen MR) is 112 cm³/mol. The van der Waals surface area contributed by atoms with Gasteiger partial charge in [0.1, 0.15) is 0 Å². The second-order valence-electron chi connectivity index (χ2n) is 12.4. The number of fused-ring (bicyclic) bond motifs is 7. The Morgan fingerprint density at radius 1 is 1.03 bits per heavy atom. The Bertz CT molecular complexity index is 859. The number of carbonyl (C=O) groups is 2. The number of aliphatic hydroxyl groups is 1. The number of hydrogen-bond donors (Lipinski definition) is 2. The molecule has 3 saturated heterocycles. The summed E-state index contributed by atoms with van der Waals surface area (Å²) >= 11 is 0. The van der Waals surface area contributed by atoms with E-state index in [0.717, 1.165) is 44.9 Å². The Labute approximate surface area is 189 Å². The molecule has 0 radical (unpaired) electrons. The number of carboxylic acids is 1. The van der Waals surface area contributed by atoms with Crippen LogP contribution in [0.5, 0.6) is 0 Å². The lowest BCUT2D eigenvalue weighted by Gasteiger charge is -2.66. The number of aliphatic carboxylic acids is 1. The molecule has 2 N–H and O–H groups in total. The van der Waals surface area contributed by atoms with Crippen LogP contribution in [-0.4, -0.2) is 46.4 Å². The standard InChI is InChI=1S/C25H36O7/c1-22-10-7-16-23(2,8-4-9-24(16,3)20(28)29)15(22)6-5-13-14(22)11-17(26)25-12-18(27)30-21(25)31-19(13)32-25/h13-17,19,21,26H,4-12H2,1-3H3,(H,28,29)/t13-,14+,15-,16?,17+,19+,21+,22-,23+,24-,25-/m0/s1. The summed E-state index contributed by atoms with van der Waals surface area (Å²) < 4.78 is 17.8. The first-order chi connectivity index (χ1) is 15.0. The maximum absolute atomic E-state index is 12.3. The molecular weight excluding hydrogens is 412 g/mol. The molecule has 7 nitrogen and oxygen atoms in total. The van der Waals surface area contributed by atoms with Crippen LogP contribution in [0.1, 0.15) is 78.6 Å².